The fraction of sp³-hybridized carbons (Fsp3) is 0.550. The number of para-hydroxylation sites is 1. The first-order valence-electron chi connectivity index (χ1n) is 9.42. The number of carbonyl (C=O) groups excluding carboxylic acids is 3. The van der Waals surface area contributed by atoms with E-state index in [1.807, 2.05) is 31.3 Å². The summed E-state index contributed by atoms with van der Waals surface area (Å²) in [6.45, 7) is 1.95. The van der Waals surface area contributed by atoms with Crippen LogP contribution in [0.4, 0.5) is 5.69 Å². The van der Waals surface area contributed by atoms with E-state index in [0.717, 1.165) is 43.5 Å². The number of piperidine rings is 1. The zero-order chi connectivity index (χ0) is 18.3. The first kappa shape index (κ1) is 17.1. The number of nitrogens with zero attached hydrogens (tertiary/aromatic N) is 3. The van der Waals surface area contributed by atoms with Crippen molar-refractivity contribution in [2.45, 2.75) is 32.1 Å². The molecule has 0 saturated carbocycles. The van der Waals surface area contributed by atoms with Crippen LogP contribution in [0.2, 0.25) is 0 Å². The van der Waals surface area contributed by atoms with Crippen molar-refractivity contribution in [3.63, 3.8) is 0 Å². The summed E-state index contributed by atoms with van der Waals surface area (Å²) in [6, 6.07) is 7.78. The number of anilines is 1. The molecular weight excluding hydrogens is 330 g/mol. The van der Waals surface area contributed by atoms with Crippen LogP contribution in [-0.4, -0.2) is 60.7 Å². The maximum atomic E-state index is 12.9. The van der Waals surface area contributed by atoms with Gasteiger partial charge in [0.25, 0.3) is 0 Å². The van der Waals surface area contributed by atoms with Crippen LogP contribution in [0, 0.1) is 5.41 Å². The molecule has 138 valence electrons. The predicted octanol–water partition coefficient (Wildman–Crippen LogP) is 1.44. The normalized spacial score (nSPS) is 25.8. The molecule has 2 saturated heterocycles. The van der Waals surface area contributed by atoms with Gasteiger partial charge in [0.15, 0.2) is 0 Å². The van der Waals surface area contributed by atoms with E-state index in [-0.39, 0.29) is 24.3 Å². The van der Waals surface area contributed by atoms with Gasteiger partial charge >= 0.3 is 0 Å². The molecule has 3 aliphatic rings. The zero-order valence-electron chi connectivity index (χ0n) is 15.2. The molecule has 3 aliphatic heterocycles. The molecule has 3 amide bonds. The minimum Gasteiger partial charge on any atom is -0.345 e. The number of carbonyl (C=O) groups is 3. The van der Waals surface area contributed by atoms with Gasteiger partial charge in [-0.2, -0.15) is 0 Å². The average Bonchev–Trinajstić information content (AvgIpc) is 3.07. The summed E-state index contributed by atoms with van der Waals surface area (Å²) in [5.74, 6) is 0.103. The van der Waals surface area contributed by atoms with Crippen molar-refractivity contribution in [3.8, 4) is 0 Å². The molecule has 0 bridgehead atoms. The minimum atomic E-state index is -0.410. The highest BCUT2D eigenvalue weighted by Crippen LogP contribution is 2.39. The van der Waals surface area contributed by atoms with Crippen LogP contribution in [0.15, 0.2) is 24.3 Å². The third kappa shape index (κ3) is 2.77. The third-order valence-corrected chi connectivity index (χ3v) is 6.14. The van der Waals surface area contributed by atoms with E-state index in [2.05, 4.69) is 0 Å². The molecule has 0 radical (unpaired) electrons. The van der Waals surface area contributed by atoms with Crippen LogP contribution in [-0.2, 0) is 20.8 Å². The monoisotopic (exact) mass is 355 g/mol. The number of rotatable bonds is 2. The molecule has 6 heteroatoms. The van der Waals surface area contributed by atoms with Crippen molar-refractivity contribution in [2.24, 2.45) is 5.41 Å². The summed E-state index contributed by atoms with van der Waals surface area (Å²) in [6.07, 6.45) is 3.74. The van der Waals surface area contributed by atoms with Gasteiger partial charge in [0, 0.05) is 38.8 Å². The molecular formula is C20H25N3O3. The Morgan fingerprint density at radius 3 is 2.77 bits per heavy atom. The third-order valence-electron chi connectivity index (χ3n) is 6.14. The fourth-order valence-corrected chi connectivity index (χ4v) is 4.64. The maximum absolute atomic E-state index is 12.9. The average molecular weight is 355 g/mol. The van der Waals surface area contributed by atoms with Gasteiger partial charge in [-0.05, 0) is 37.3 Å². The van der Waals surface area contributed by atoms with Gasteiger partial charge in [-0.3, -0.25) is 14.4 Å². The lowest BCUT2D eigenvalue weighted by Crippen LogP contribution is -2.49. The van der Waals surface area contributed by atoms with E-state index in [1.165, 1.54) is 0 Å². The summed E-state index contributed by atoms with van der Waals surface area (Å²) in [5, 5.41) is 0. The lowest BCUT2D eigenvalue weighted by atomic mass is 9.78. The lowest BCUT2D eigenvalue weighted by molar-refractivity contribution is -0.144. The fourth-order valence-electron chi connectivity index (χ4n) is 4.64. The van der Waals surface area contributed by atoms with Crippen molar-refractivity contribution in [1.82, 2.24) is 9.80 Å². The van der Waals surface area contributed by atoms with E-state index in [0.29, 0.717) is 19.5 Å². The summed E-state index contributed by atoms with van der Waals surface area (Å²) >= 11 is 0. The second-order valence-corrected chi connectivity index (χ2v) is 7.78. The quantitative estimate of drug-likeness (QED) is 0.806. The van der Waals surface area contributed by atoms with Crippen molar-refractivity contribution in [2.75, 3.05) is 38.1 Å². The zero-order valence-corrected chi connectivity index (χ0v) is 15.2. The van der Waals surface area contributed by atoms with Gasteiger partial charge in [-0.25, -0.2) is 0 Å². The molecule has 0 N–H and O–H groups in total. The number of hydrogen-bond donors (Lipinski definition) is 0. The van der Waals surface area contributed by atoms with Gasteiger partial charge in [-0.15, -0.1) is 0 Å². The molecule has 1 spiro atoms. The largest absolute Gasteiger partial charge is 0.345 e. The van der Waals surface area contributed by atoms with Gasteiger partial charge in [-0.1, -0.05) is 18.2 Å². The standard InChI is InChI=1S/C20H25N3O3/c1-21-11-4-9-20(19(21)26)10-12-22(14-20)18(25)13-23-16-6-3-2-5-15(16)7-8-17(23)24/h2-3,5-6H,4,7-14H2,1H3. The molecule has 2 fully saturated rings. The Morgan fingerprint density at radius 2 is 1.92 bits per heavy atom. The minimum absolute atomic E-state index is 0.000522. The Balaban J connectivity index is 1.48. The van der Waals surface area contributed by atoms with E-state index in [1.54, 1.807) is 14.7 Å². The predicted molar refractivity (Wildman–Crippen MR) is 97.6 cm³/mol. The van der Waals surface area contributed by atoms with Crippen molar-refractivity contribution in [3.05, 3.63) is 29.8 Å². The van der Waals surface area contributed by atoms with Crippen LogP contribution in [0.5, 0.6) is 0 Å². The topological polar surface area (TPSA) is 60.9 Å². The molecule has 1 unspecified atom stereocenters. The highest BCUT2D eigenvalue weighted by atomic mass is 16.2. The Hall–Kier alpha value is -2.37. The SMILES string of the molecule is CN1CCCC2(CCN(C(=O)CN3C(=O)CCc4ccccc43)C2)C1=O. The van der Waals surface area contributed by atoms with Gasteiger partial charge in [0.2, 0.25) is 17.7 Å². The van der Waals surface area contributed by atoms with Crippen LogP contribution >= 0.6 is 0 Å². The number of amides is 3. The molecule has 0 aromatic heterocycles. The summed E-state index contributed by atoms with van der Waals surface area (Å²) in [4.78, 5) is 43.1. The smallest absolute Gasteiger partial charge is 0.242 e. The Morgan fingerprint density at radius 1 is 1.12 bits per heavy atom. The molecule has 6 nitrogen and oxygen atoms in total. The second-order valence-electron chi connectivity index (χ2n) is 7.78. The lowest BCUT2D eigenvalue weighted by Gasteiger charge is -2.37. The maximum Gasteiger partial charge on any atom is 0.242 e. The molecule has 1 aromatic rings. The van der Waals surface area contributed by atoms with Crippen molar-refractivity contribution in [1.29, 1.82) is 0 Å². The number of likely N-dealkylation sites (tertiary alicyclic amines) is 2. The number of benzene rings is 1. The van der Waals surface area contributed by atoms with Crippen LogP contribution in [0.1, 0.15) is 31.2 Å². The van der Waals surface area contributed by atoms with E-state index in [9.17, 15) is 14.4 Å². The highest BCUT2D eigenvalue weighted by Gasteiger charge is 2.48. The summed E-state index contributed by atoms with van der Waals surface area (Å²) < 4.78 is 0. The van der Waals surface area contributed by atoms with Crippen LogP contribution in [0.25, 0.3) is 0 Å². The van der Waals surface area contributed by atoms with Crippen molar-refractivity contribution < 1.29 is 14.4 Å². The van der Waals surface area contributed by atoms with Crippen LogP contribution in [0.3, 0.4) is 0 Å². The van der Waals surface area contributed by atoms with E-state index >= 15 is 0 Å². The molecule has 0 aliphatic carbocycles. The van der Waals surface area contributed by atoms with Gasteiger partial charge in [0.1, 0.15) is 6.54 Å². The second kappa shape index (κ2) is 6.41. The first-order chi connectivity index (χ1) is 12.5. The van der Waals surface area contributed by atoms with Crippen LogP contribution < -0.4 is 4.90 Å². The molecule has 1 atom stereocenters. The first-order valence-corrected chi connectivity index (χ1v) is 9.42. The number of fused-ring (bicyclic) bond motifs is 1. The van der Waals surface area contributed by atoms with Gasteiger partial charge < -0.3 is 14.7 Å². The summed E-state index contributed by atoms with van der Waals surface area (Å²) in [5.41, 5.74) is 1.55. The molecule has 4 rings (SSSR count). The molecule has 3 heterocycles. The Kier molecular flexibility index (Phi) is 4.21. The summed E-state index contributed by atoms with van der Waals surface area (Å²) in [7, 11) is 1.84. The Labute approximate surface area is 153 Å². The van der Waals surface area contributed by atoms with E-state index in [4.69, 9.17) is 0 Å². The number of aryl methyl sites for hydroxylation is 1. The highest BCUT2D eigenvalue weighted by molar-refractivity contribution is 6.01. The Bertz CT molecular complexity index is 762. The van der Waals surface area contributed by atoms with Crippen molar-refractivity contribution >= 4 is 23.4 Å². The van der Waals surface area contributed by atoms with Gasteiger partial charge in [0.05, 0.1) is 5.41 Å². The van der Waals surface area contributed by atoms with E-state index < -0.39 is 5.41 Å². The molecule has 26 heavy (non-hydrogen) atoms. The number of hydrogen-bond acceptors (Lipinski definition) is 3. The molecule has 1 aromatic carbocycles.